The van der Waals surface area contributed by atoms with Gasteiger partial charge in [-0.25, -0.2) is 0 Å². The highest BCUT2D eigenvalue weighted by molar-refractivity contribution is 5.47. The maximum absolute atomic E-state index is 6.14. The van der Waals surface area contributed by atoms with Gasteiger partial charge in [-0.15, -0.1) is 0 Å². The van der Waals surface area contributed by atoms with Gasteiger partial charge in [0.05, 0.1) is 7.11 Å². The van der Waals surface area contributed by atoms with Gasteiger partial charge in [-0.3, -0.25) is 0 Å². The highest BCUT2D eigenvalue weighted by Gasteiger charge is 2.27. The Morgan fingerprint density at radius 2 is 1.75 bits per heavy atom. The van der Waals surface area contributed by atoms with Crippen LogP contribution >= 0.6 is 0 Å². The van der Waals surface area contributed by atoms with Crippen LogP contribution in [0.1, 0.15) is 33.9 Å². The second-order valence-electron chi connectivity index (χ2n) is 5.60. The molecule has 0 bridgehead atoms. The summed E-state index contributed by atoms with van der Waals surface area (Å²) < 4.78 is 11.4. The predicted octanol–water partition coefficient (Wildman–Crippen LogP) is 4.30. The standard InChI is InChI=1S/C18H20O2/c1-11-7-12(2)18(13(3)8-11)17-10-14-9-15(19-4)5-6-16(14)20-17/h5-9,17H,10H2,1-4H3. The highest BCUT2D eigenvalue weighted by Crippen LogP contribution is 2.40. The third-order valence-electron chi connectivity index (χ3n) is 4.00. The Balaban J connectivity index is 1.96. The van der Waals surface area contributed by atoms with Gasteiger partial charge < -0.3 is 9.47 Å². The first-order valence-electron chi connectivity index (χ1n) is 7.00. The fraction of sp³-hybridized carbons (Fsp3) is 0.333. The SMILES string of the molecule is COc1ccc2c(c1)CC(c1c(C)cc(C)cc1C)O2. The summed E-state index contributed by atoms with van der Waals surface area (Å²) in [7, 11) is 1.70. The summed E-state index contributed by atoms with van der Waals surface area (Å²) >= 11 is 0. The summed E-state index contributed by atoms with van der Waals surface area (Å²) in [6, 6.07) is 10.5. The number of fused-ring (bicyclic) bond motifs is 1. The lowest BCUT2D eigenvalue weighted by Crippen LogP contribution is -2.08. The van der Waals surface area contributed by atoms with Crippen molar-refractivity contribution in [1.29, 1.82) is 0 Å². The summed E-state index contributed by atoms with van der Waals surface area (Å²) in [5.41, 5.74) is 6.49. The van der Waals surface area contributed by atoms with E-state index in [0.29, 0.717) is 0 Å². The van der Waals surface area contributed by atoms with E-state index in [0.717, 1.165) is 17.9 Å². The molecule has 0 saturated carbocycles. The zero-order valence-corrected chi connectivity index (χ0v) is 12.5. The molecule has 2 aromatic rings. The van der Waals surface area contributed by atoms with Crippen LogP contribution in [0.15, 0.2) is 30.3 Å². The van der Waals surface area contributed by atoms with E-state index in [4.69, 9.17) is 9.47 Å². The molecule has 104 valence electrons. The minimum atomic E-state index is 0.123. The minimum absolute atomic E-state index is 0.123. The second-order valence-corrected chi connectivity index (χ2v) is 5.60. The quantitative estimate of drug-likeness (QED) is 0.808. The monoisotopic (exact) mass is 268 g/mol. The van der Waals surface area contributed by atoms with Crippen molar-refractivity contribution in [3.63, 3.8) is 0 Å². The summed E-state index contributed by atoms with van der Waals surface area (Å²) in [5, 5.41) is 0. The molecule has 0 fully saturated rings. The minimum Gasteiger partial charge on any atom is -0.497 e. The lowest BCUT2D eigenvalue weighted by molar-refractivity contribution is 0.237. The largest absolute Gasteiger partial charge is 0.497 e. The molecule has 1 atom stereocenters. The molecule has 2 heteroatoms. The Morgan fingerprint density at radius 1 is 1.05 bits per heavy atom. The van der Waals surface area contributed by atoms with Crippen molar-refractivity contribution >= 4 is 0 Å². The zero-order valence-electron chi connectivity index (χ0n) is 12.5. The molecule has 1 unspecified atom stereocenters. The van der Waals surface area contributed by atoms with Gasteiger partial charge >= 0.3 is 0 Å². The van der Waals surface area contributed by atoms with Crippen LogP contribution in [0.2, 0.25) is 0 Å². The van der Waals surface area contributed by atoms with E-state index in [1.54, 1.807) is 7.11 Å². The van der Waals surface area contributed by atoms with Gasteiger partial charge in [-0.05, 0) is 55.7 Å². The number of ether oxygens (including phenoxy) is 2. The predicted molar refractivity (Wildman–Crippen MR) is 80.7 cm³/mol. The van der Waals surface area contributed by atoms with Crippen molar-refractivity contribution in [2.45, 2.75) is 33.3 Å². The highest BCUT2D eigenvalue weighted by atomic mass is 16.5. The average Bonchev–Trinajstić information content (AvgIpc) is 2.79. The van der Waals surface area contributed by atoms with Crippen molar-refractivity contribution in [3.05, 3.63) is 58.1 Å². The van der Waals surface area contributed by atoms with E-state index in [1.807, 2.05) is 12.1 Å². The van der Waals surface area contributed by atoms with Crippen LogP contribution in [0.25, 0.3) is 0 Å². The molecule has 0 spiro atoms. The smallest absolute Gasteiger partial charge is 0.128 e. The maximum Gasteiger partial charge on any atom is 0.128 e. The lowest BCUT2D eigenvalue weighted by Gasteiger charge is -2.17. The van der Waals surface area contributed by atoms with Crippen LogP contribution in [0, 0.1) is 20.8 Å². The number of benzene rings is 2. The molecule has 1 heterocycles. The van der Waals surface area contributed by atoms with Crippen molar-refractivity contribution in [1.82, 2.24) is 0 Å². The Hall–Kier alpha value is -1.96. The topological polar surface area (TPSA) is 18.5 Å². The van der Waals surface area contributed by atoms with Crippen LogP contribution in [-0.2, 0) is 6.42 Å². The van der Waals surface area contributed by atoms with E-state index in [2.05, 4.69) is 39.0 Å². The number of hydrogen-bond acceptors (Lipinski definition) is 2. The van der Waals surface area contributed by atoms with Gasteiger partial charge in [-0.1, -0.05) is 17.7 Å². The lowest BCUT2D eigenvalue weighted by atomic mass is 9.93. The first-order valence-corrected chi connectivity index (χ1v) is 7.00. The Morgan fingerprint density at radius 3 is 2.40 bits per heavy atom. The van der Waals surface area contributed by atoms with Gasteiger partial charge in [0.15, 0.2) is 0 Å². The van der Waals surface area contributed by atoms with Crippen molar-refractivity contribution in [2.75, 3.05) is 7.11 Å². The van der Waals surface area contributed by atoms with Crippen LogP contribution in [0.3, 0.4) is 0 Å². The van der Waals surface area contributed by atoms with Gasteiger partial charge in [-0.2, -0.15) is 0 Å². The van der Waals surface area contributed by atoms with E-state index in [1.165, 1.54) is 27.8 Å². The third-order valence-corrected chi connectivity index (χ3v) is 4.00. The average molecular weight is 268 g/mol. The summed E-state index contributed by atoms with van der Waals surface area (Å²) in [4.78, 5) is 0. The van der Waals surface area contributed by atoms with Crippen molar-refractivity contribution in [3.8, 4) is 11.5 Å². The van der Waals surface area contributed by atoms with Crippen LogP contribution < -0.4 is 9.47 Å². The molecule has 0 amide bonds. The van der Waals surface area contributed by atoms with Crippen LogP contribution in [-0.4, -0.2) is 7.11 Å². The molecule has 3 rings (SSSR count). The number of aryl methyl sites for hydroxylation is 3. The van der Waals surface area contributed by atoms with Gasteiger partial charge in [0.25, 0.3) is 0 Å². The van der Waals surface area contributed by atoms with Crippen LogP contribution in [0.4, 0.5) is 0 Å². The third kappa shape index (κ3) is 2.15. The normalized spacial score (nSPS) is 16.7. The molecule has 20 heavy (non-hydrogen) atoms. The maximum atomic E-state index is 6.14. The molecule has 0 aliphatic carbocycles. The molecule has 2 aromatic carbocycles. The fourth-order valence-corrected chi connectivity index (χ4v) is 3.21. The summed E-state index contributed by atoms with van der Waals surface area (Å²) in [6.07, 6.45) is 1.04. The molecular formula is C18H20O2. The van der Waals surface area contributed by atoms with Crippen LogP contribution in [0.5, 0.6) is 11.5 Å². The number of hydrogen-bond donors (Lipinski definition) is 0. The van der Waals surface area contributed by atoms with Crippen molar-refractivity contribution in [2.24, 2.45) is 0 Å². The Bertz CT molecular complexity index is 635. The van der Waals surface area contributed by atoms with Gasteiger partial charge in [0.1, 0.15) is 17.6 Å². The molecule has 0 radical (unpaired) electrons. The molecule has 0 saturated heterocycles. The van der Waals surface area contributed by atoms with Gasteiger partial charge in [0.2, 0.25) is 0 Å². The molecular weight excluding hydrogens is 248 g/mol. The zero-order chi connectivity index (χ0) is 14.3. The number of rotatable bonds is 2. The van der Waals surface area contributed by atoms with E-state index in [9.17, 15) is 0 Å². The van der Waals surface area contributed by atoms with E-state index in [-0.39, 0.29) is 6.10 Å². The molecule has 1 aliphatic rings. The van der Waals surface area contributed by atoms with Crippen molar-refractivity contribution < 1.29 is 9.47 Å². The first kappa shape index (κ1) is 13.0. The van der Waals surface area contributed by atoms with E-state index >= 15 is 0 Å². The second kappa shape index (κ2) is 4.86. The first-order chi connectivity index (χ1) is 9.58. The molecule has 0 N–H and O–H groups in total. The molecule has 0 aromatic heterocycles. The van der Waals surface area contributed by atoms with E-state index < -0.39 is 0 Å². The molecule has 1 aliphatic heterocycles. The molecule has 2 nitrogen and oxygen atoms in total. The summed E-state index contributed by atoms with van der Waals surface area (Å²) in [5.74, 6) is 1.88. The summed E-state index contributed by atoms with van der Waals surface area (Å²) in [6.45, 7) is 6.48. The Kier molecular flexibility index (Phi) is 3.17. The Labute approximate surface area is 120 Å². The number of methoxy groups -OCH3 is 1. The fourth-order valence-electron chi connectivity index (χ4n) is 3.21. The van der Waals surface area contributed by atoms with Gasteiger partial charge in [0, 0.05) is 12.0 Å².